The fourth-order valence-corrected chi connectivity index (χ4v) is 1.77. The molecule has 1 N–H and O–H groups in total. The molecule has 0 saturated heterocycles. The second-order valence-corrected chi connectivity index (χ2v) is 4.61. The second kappa shape index (κ2) is 4.71. The average molecular weight is 233 g/mol. The molecule has 0 bridgehead atoms. The first kappa shape index (κ1) is 11.9. The Morgan fingerprint density at radius 1 is 1.24 bits per heavy atom. The van der Waals surface area contributed by atoms with Crippen LogP contribution >= 0.6 is 0 Å². The van der Waals surface area contributed by atoms with E-state index in [1.54, 1.807) is 4.68 Å². The first-order valence-electron chi connectivity index (χ1n) is 5.81. The molecule has 2 aromatic heterocycles. The van der Waals surface area contributed by atoms with Crippen LogP contribution in [0.5, 0.6) is 0 Å². The number of hydrogen-bond donors (Lipinski definition) is 1. The molecule has 0 saturated carbocycles. The number of aryl methyl sites for hydroxylation is 2. The normalized spacial score (nSPS) is 11.4. The molecule has 5 nitrogen and oxygen atoms in total. The quantitative estimate of drug-likeness (QED) is 0.866. The van der Waals surface area contributed by atoms with Crippen LogP contribution in [-0.4, -0.2) is 25.6 Å². The smallest absolute Gasteiger partial charge is 0.0999 e. The van der Waals surface area contributed by atoms with E-state index in [4.69, 9.17) is 0 Å². The molecular weight excluding hydrogens is 214 g/mol. The molecule has 5 heteroatoms. The van der Waals surface area contributed by atoms with Crippen molar-refractivity contribution in [1.82, 2.24) is 24.9 Å². The zero-order chi connectivity index (χ0) is 12.4. The van der Waals surface area contributed by atoms with Crippen molar-refractivity contribution in [3.8, 4) is 11.3 Å². The number of rotatable bonds is 4. The molecule has 0 amide bonds. The predicted molar refractivity (Wildman–Crippen MR) is 67.4 cm³/mol. The molecule has 2 aromatic rings. The van der Waals surface area contributed by atoms with Crippen LogP contribution in [0, 0.1) is 0 Å². The highest BCUT2D eigenvalue weighted by Crippen LogP contribution is 2.20. The molecule has 2 rings (SSSR count). The van der Waals surface area contributed by atoms with Crippen LogP contribution in [0.2, 0.25) is 0 Å². The van der Waals surface area contributed by atoms with Crippen LogP contribution in [0.15, 0.2) is 18.6 Å². The Morgan fingerprint density at radius 3 is 2.59 bits per heavy atom. The lowest BCUT2D eigenvalue weighted by molar-refractivity contribution is 0.589. The summed E-state index contributed by atoms with van der Waals surface area (Å²) in [4.78, 5) is 0. The van der Waals surface area contributed by atoms with E-state index < -0.39 is 0 Å². The van der Waals surface area contributed by atoms with Gasteiger partial charge in [0.2, 0.25) is 0 Å². The molecule has 92 valence electrons. The fraction of sp³-hybridized carbons (Fsp3) is 0.500. The van der Waals surface area contributed by atoms with Crippen LogP contribution in [-0.2, 0) is 20.6 Å². The molecular formula is C12H19N5. The summed E-state index contributed by atoms with van der Waals surface area (Å²) in [5.41, 5.74) is 3.27. The Morgan fingerprint density at radius 2 is 2.00 bits per heavy atom. The van der Waals surface area contributed by atoms with E-state index in [0.29, 0.717) is 6.04 Å². The van der Waals surface area contributed by atoms with Crippen LogP contribution in [0.4, 0.5) is 0 Å². The molecule has 0 atom stereocenters. The van der Waals surface area contributed by atoms with E-state index in [2.05, 4.69) is 35.6 Å². The third kappa shape index (κ3) is 2.74. The van der Waals surface area contributed by atoms with Gasteiger partial charge in [0, 0.05) is 50.2 Å². The topological polar surface area (TPSA) is 47.7 Å². The van der Waals surface area contributed by atoms with Crippen molar-refractivity contribution in [2.75, 3.05) is 0 Å². The lowest BCUT2D eigenvalue weighted by Gasteiger charge is -2.06. The highest BCUT2D eigenvalue weighted by Gasteiger charge is 2.11. The Bertz CT molecular complexity index is 495. The number of nitrogens with zero attached hydrogens (tertiary/aromatic N) is 4. The first-order chi connectivity index (χ1) is 8.06. The van der Waals surface area contributed by atoms with Gasteiger partial charge < -0.3 is 5.32 Å². The van der Waals surface area contributed by atoms with Gasteiger partial charge in [0.05, 0.1) is 11.9 Å². The van der Waals surface area contributed by atoms with Gasteiger partial charge in [-0.15, -0.1) is 0 Å². The average Bonchev–Trinajstić information content (AvgIpc) is 2.81. The fourth-order valence-electron chi connectivity index (χ4n) is 1.77. The SMILES string of the molecule is CC(C)NCc1cn(C)nc1-c1cnn(C)c1. The van der Waals surface area contributed by atoms with Crippen LogP contribution < -0.4 is 5.32 Å². The van der Waals surface area contributed by atoms with Gasteiger partial charge in [-0.2, -0.15) is 10.2 Å². The molecule has 2 heterocycles. The van der Waals surface area contributed by atoms with Gasteiger partial charge in [-0.1, -0.05) is 13.8 Å². The number of aromatic nitrogens is 4. The second-order valence-electron chi connectivity index (χ2n) is 4.61. The highest BCUT2D eigenvalue weighted by molar-refractivity contribution is 5.60. The maximum Gasteiger partial charge on any atom is 0.0999 e. The zero-order valence-electron chi connectivity index (χ0n) is 10.8. The lowest BCUT2D eigenvalue weighted by atomic mass is 10.1. The minimum Gasteiger partial charge on any atom is -0.310 e. The molecule has 17 heavy (non-hydrogen) atoms. The Kier molecular flexibility index (Phi) is 3.28. The molecule has 0 radical (unpaired) electrons. The van der Waals surface area contributed by atoms with Crippen molar-refractivity contribution in [3.63, 3.8) is 0 Å². The number of nitrogens with one attached hydrogen (secondary N) is 1. The molecule has 0 fully saturated rings. The third-order valence-electron chi connectivity index (χ3n) is 2.58. The molecule has 0 unspecified atom stereocenters. The molecule has 0 aliphatic rings. The van der Waals surface area contributed by atoms with Gasteiger partial charge >= 0.3 is 0 Å². The van der Waals surface area contributed by atoms with Gasteiger partial charge in [0.25, 0.3) is 0 Å². The van der Waals surface area contributed by atoms with E-state index in [1.807, 2.05) is 31.2 Å². The van der Waals surface area contributed by atoms with Gasteiger partial charge in [-0.3, -0.25) is 9.36 Å². The largest absolute Gasteiger partial charge is 0.310 e. The first-order valence-corrected chi connectivity index (χ1v) is 5.81. The standard InChI is InChI=1S/C12H19N5/c1-9(2)13-5-10-8-17(4)15-12(10)11-6-14-16(3)7-11/h6-9,13H,5H2,1-4H3. The summed E-state index contributed by atoms with van der Waals surface area (Å²) in [6, 6.07) is 0.469. The van der Waals surface area contributed by atoms with Gasteiger partial charge in [-0.05, 0) is 0 Å². The highest BCUT2D eigenvalue weighted by atomic mass is 15.3. The summed E-state index contributed by atoms with van der Waals surface area (Å²) in [5, 5.41) is 12.1. The van der Waals surface area contributed by atoms with E-state index in [0.717, 1.165) is 17.8 Å². The minimum atomic E-state index is 0.469. The van der Waals surface area contributed by atoms with Crippen molar-refractivity contribution >= 4 is 0 Å². The molecule has 0 aromatic carbocycles. The van der Waals surface area contributed by atoms with Gasteiger partial charge in [0.1, 0.15) is 0 Å². The summed E-state index contributed by atoms with van der Waals surface area (Å²) >= 11 is 0. The molecule has 0 spiro atoms. The summed E-state index contributed by atoms with van der Waals surface area (Å²) in [5.74, 6) is 0. The van der Waals surface area contributed by atoms with Crippen LogP contribution in [0.1, 0.15) is 19.4 Å². The summed E-state index contributed by atoms with van der Waals surface area (Å²) < 4.78 is 3.64. The Labute approximate surface area is 101 Å². The van der Waals surface area contributed by atoms with E-state index in [9.17, 15) is 0 Å². The number of hydrogen-bond acceptors (Lipinski definition) is 3. The van der Waals surface area contributed by atoms with E-state index in [-0.39, 0.29) is 0 Å². The summed E-state index contributed by atoms with van der Waals surface area (Å²) in [6.45, 7) is 5.11. The van der Waals surface area contributed by atoms with Crippen LogP contribution in [0.25, 0.3) is 11.3 Å². The van der Waals surface area contributed by atoms with Crippen molar-refractivity contribution in [2.24, 2.45) is 14.1 Å². The Hall–Kier alpha value is -1.62. The van der Waals surface area contributed by atoms with E-state index >= 15 is 0 Å². The van der Waals surface area contributed by atoms with Crippen molar-refractivity contribution < 1.29 is 0 Å². The van der Waals surface area contributed by atoms with Crippen molar-refractivity contribution in [1.29, 1.82) is 0 Å². The molecule has 0 aliphatic heterocycles. The maximum absolute atomic E-state index is 4.50. The van der Waals surface area contributed by atoms with Gasteiger partial charge in [0.15, 0.2) is 0 Å². The lowest BCUT2D eigenvalue weighted by Crippen LogP contribution is -2.21. The van der Waals surface area contributed by atoms with Crippen LogP contribution in [0.3, 0.4) is 0 Å². The predicted octanol–water partition coefficient (Wildman–Crippen LogP) is 1.32. The third-order valence-corrected chi connectivity index (χ3v) is 2.58. The summed E-state index contributed by atoms with van der Waals surface area (Å²) in [7, 11) is 3.86. The molecule has 0 aliphatic carbocycles. The summed E-state index contributed by atoms with van der Waals surface area (Å²) in [6.07, 6.45) is 5.89. The van der Waals surface area contributed by atoms with Crippen molar-refractivity contribution in [3.05, 3.63) is 24.2 Å². The zero-order valence-corrected chi connectivity index (χ0v) is 10.8. The maximum atomic E-state index is 4.50. The van der Waals surface area contributed by atoms with E-state index in [1.165, 1.54) is 5.56 Å². The minimum absolute atomic E-state index is 0.469. The van der Waals surface area contributed by atoms with Crippen molar-refractivity contribution in [2.45, 2.75) is 26.4 Å². The van der Waals surface area contributed by atoms with Gasteiger partial charge in [-0.25, -0.2) is 0 Å². The monoisotopic (exact) mass is 233 g/mol. The Balaban J connectivity index is 2.27.